The van der Waals surface area contributed by atoms with Crippen molar-refractivity contribution in [3.8, 4) is 0 Å². The van der Waals surface area contributed by atoms with E-state index in [2.05, 4.69) is 13.8 Å². The third-order valence-electron chi connectivity index (χ3n) is 0. The molecule has 0 bridgehead atoms. The van der Waals surface area contributed by atoms with Gasteiger partial charge in [-0.05, 0) is 0 Å². The summed E-state index contributed by atoms with van der Waals surface area (Å²) in [6.45, 7) is 10.0. The van der Waals surface area contributed by atoms with E-state index in [1.54, 1.807) is 13.8 Å². The van der Waals surface area contributed by atoms with Crippen molar-refractivity contribution in [1.29, 1.82) is 0 Å². The first-order valence-corrected chi connectivity index (χ1v) is 2.56. The van der Waals surface area contributed by atoms with E-state index in [0.717, 1.165) is 0 Å². The molecule has 0 saturated heterocycles. The van der Waals surface area contributed by atoms with Crippen LogP contribution in [0.25, 0.3) is 0 Å². The Morgan fingerprint density at radius 2 is 1.25 bits per heavy atom. The van der Waals surface area contributed by atoms with Gasteiger partial charge in [-0.25, -0.2) is 4.57 Å². The maximum Gasteiger partial charge on any atom is 2.00 e. The van der Waals surface area contributed by atoms with E-state index >= 15 is 0 Å². The van der Waals surface area contributed by atoms with Crippen molar-refractivity contribution in [2.75, 3.05) is 0 Å². The third kappa shape index (κ3) is 168. The monoisotopic (exact) mass is 162 g/mol. The van der Waals surface area contributed by atoms with E-state index in [4.69, 9.17) is 9.46 Å². The Bertz CT molecular complexity index is 21.5. The van der Waals surface area contributed by atoms with Crippen LogP contribution in [0.5, 0.6) is 0 Å². The van der Waals surface area contributed by atoms with E-state index in [9.17, 15) is 0 Å². The van der Waals surface area contributed by atoms with Crippen LogP contribution >= 0.6 is 8.69 Å². The molecule has 0 saturated carbocycles. The van der Waals surface area contributed by atoms with Gasteiger partial charge in [0, 0.05) is 0 Å². The van der Waals surface area contributed by atoms with Gasteiger partial charge in [-0.1, -0.05) is 0 Å². The molecule has 0 unspecified atom stereocenters. The van der Waals surface area contributed by atoms with E-state index in [1.807, 2.05) is 0 Å². The topological polar surface area (TPSA) is 37.3 Å². The fourth-order valence-electron chi connectivity index (χ4n) is 0. The van der Waals surface area contributed by atoms with Gasteiger partial charge in [0.25, 0.3) is 0 Å². The second-order valence-corrected chi connectivity index (χ2v) is 0.245. The first-order chi connectivity index (χ1) is 3.41. The molecule has 0 aliphatic heterocycles. The quantitative estimate of drug-likeness (QED) is 0.333. The zero-order valence-corrected chi connectivity index (χ0v) is 8.53. The van der Waals surface area contributed by atoms with Gasteiger partial charge < -0.3 is 18.7 Å². The molecular weight excluding hydrogens is 151 g/mol. The van der Waals surface area contributed by atoms with Gasteiger partial charge in [-0.3, -0.25) is 0 Å². The third-order valence-corrected chi connectivity index (χ3v) is 0. The van der Waals surface area contributed by atoms with Crippen LogP contribution in [0.4, 0.5) is 0 Å². The molecule has 0 aliphatic rings. The SMILES string of the molecule is O=PO.[CH2-]C.[CH2-]C.[Ca+2]. The van der Waals surface area contributed by atoms with Crippen LogP contribution in [-0.4, -0.2) is 42.6 Å². The Morgan fingerprint density at radius 3 is 1.25 bits per heavy atom. The summed E-state index contributed by atoms with van der Waals surface area (Å²) >= 11 is 0. The molecule has 0 aromatic rings. The predicted octanol–water partition coefficient (Wildman–Crippen LogP) is 1.49. The average molecular weight is 162 g/mol. The van der Waals surface area contributed by atoms with Crippen molar-refractivity contribution in [3.05, 3.63) is 13.8 Å². The second-order valence-electron chi connectivity index (χ2n) is 0.0816. The first kappa shape index (κ1) is 22.8. The summed E-state index contributed by atoms with van der Waals surface area (Å²) in [7, 11) is -0.833. The van der Waals surface area contributed by atoms with Crippen LogP contribution in [0.3, 0.4) is 0 Å². The minimum atomic E-state index is -0.833. The number of hydrogen-bond acceptors (Lipinski definition) is 1. The summed E-state index contributed by atoms with van der Waals surface area (Å²) in [5.74, 6) is 0. The minimum Gasteiger partial charge on any atom is -0.346 e. The van der Waals surface area contributed by atoms with Crippen molar-refractivity contribution < 1.29 is 9.46 Å². The normalized spacial score (nSPS) is 4.12. The molecule has 0 aromatic heterocycles. The zero-order valence-electron chi connectivity index (χ0n) is 5.42. The zero-order chi connectivity index (χ0) is 6.71. The first-order valence-electron chi connectivity index (χ1n) is 1.80. The number of hydrogen-bond donors (Lipinski definition) is 1. The summed E-state index contributed by atoms with van der Waals surface area (Å²) in [4.78, 5) is 6.99. The Morgan fingerprint density at radius 1 is 1.25 bits per heavy atom. The predicted molar refractivity (Wildman–Crippen MR) is 37.6 cm³/mol. The molecule has 0 fully saturated rings. The van der Waals surface area contributed by atoms with E-state index in [0.29, 0.717) is 0 Å². The smallest absolute Gasteiger partial charge is 0.346 e. The summed E-state index contributed by atoms with van der Waals surface area (Å²) in [6.07, 6.45) is 0. The van der Waals surface area contributed by atoms with Crippen molar-refractivity contribution >= 4 is 46.4 Å². The van der Waals surface area contributed by atoms with Gasteiger partial charge in [0.05, 0.1) is 0 Å². The van der Waals surface area contributed by atoms with Crippen LogP contribution in [-0.2, 0) is 4.57 Å². The van der Waals surface area contributed by atoms with Gasteiger partial charge in [-0.2, -0.15) is 13.8 Å². The van der Waals surface area contributed by atoms with Gasteiger partial charge in [0.1, 0.15) is 0 Å². The molecule has 46 valence electrons. The molecule has 0 aliphatic carbocycles. The van der Waals surface area contributed by atoms with Crippen LogP contribution in [0.2, 0.25) is 0 Å². The van der Waals surface area contributed by atoms with Gasteiger partial charge >= 0.3 is 46.4 Å². The second kappa shape index (κ2) is 82.8. The molecule has 0 heterocycles. The van der Waals surface area contributed by atoms with Crippen molar-refractivity contribution in [2.45, 2.75) is 13.8 Å². The molecule has 0 rings (SSSR count). The Hall–Kier alpha value is 1.32. The van der Waals surface area contributed by atoms with Gasteiger partial charge in [0.15, 0.2) is 0 Å². The van der Waals surface area contributed by atoms with E-state index < -0.39 is 8.69 Å². The fraction of sp³-hybridized carbons (Fsp3) is 0.500. The molecule has 0 atom stereocenters. The fourth-order valence-corrected chi connectivity index (χ4v) is 0. The van der Waals surface area contributed by atoms with Crippen LogP contribution in [0, 0.1) is 13.8 Å². The molecular formula is C4H11CaO2P. The average Bonchev–Trinajstić information content (AvgIpc) is 1.78. The van der Waals surface area contributed by atoms with E-state index in [1.165, 1.54) is 0 Å². The van der Waals surface area contributed by atoms with Crippen LogP contribution in [0.1, 0.15) is 13.8 Å². The molecule has 0 spiro atoms. The van der Waals surface area contributed by atoms with E-state index in [-0.39, 0.29) is 37.7 Å². The summed E-state index contributed by atoms with van der Waals surface area (Å²) in [5.41, 5.74) is 0. The van der Waals surface area contributed by atoms with Crippen LogP contribution in [0.15, 0.2) is 0 Å². The Labute approximate surface area is 83.0 Å². The molecule has 0 radical (unpaired) electrons. The maximum atomic E-state index is 8.46. The Balaban J connectivity index is -0.0000000147. The van der Waals surface area contributed by atoms with Crippen LogP contribution < -0.4 is 0 Å². The summed E-state index contributed by atoms with van der Waals surface area (Å²) < 4.78 is 8.46. The standard InChI is InChI=1S/2C2H5.Ca.HO2P/c2*1-2;;1-3-2/h2*1H2,2H3;;(H,1,2)/q2*-1;+2;. The van der Waals surface area contributed by atoms with Crippen molar-refractivity contribution in [3.63, 3.8) is 0 Å². The summed E-state index contributed by atoms with van der Waals surface area (Å²) in [6, 6.07) is 0. The molecule has 0 aromatic carbocycles. The summed E-state index contributed by atoms with van der Waals surface area (Å²) in [5, 5.41) is 0. The number of rotatable bonds is 0. The van der Waals surface area contributed by atoms with Crippen molar-refractivity contribution in [1.82, 2.24) is 0 Å². The molecule has 2 nitrogen and oxygen atoms in total. The molecule has 0 amide bonds. The van der Waals surface area contributed by atoms with Gasteiger partial charge in [-0.15, -0.1) is 0 Å². The Kier molecular flexibility index (Phi) is 236. The van der Waals surface area contributed by atoms with Crippen molar-refractivity contribution in [2.24, 2.45) is 0 Å². The molecule has 4 heteroatoms. The molecule has 8 heavy (non-hydrogen) atoms. The van der Waals surface area contributed by atoms with Gasteiger partial charge in [0.2, 0.25) is 0 Å². The largest absolute Gasteiger partial charge is 2.00 e. The maximum absolute atomic E-state index is 8.46. The molecule has 1 N–H and O–H groups in total. The minimum absolute atomic E-state index is 0.